The summed E-state index contributed by atoms with van der Waals surface area (Å²) in [6.07, 6.45) is 1.14. The molecule has 96 valence electrons. The van der Waals surface area contributed by atoms with E-state index in [9.17, 15) is 0 Å². The van der Waals surface area contributed by atoms with Crippen LogP contribution in [0.25, 0.3) is 0 Å². The molecule has 1 saturated heterocycles. The molecule has 3 aliphatic heterocycles. The number of likely N-dealkylation sites (N-methyl/N-ethyl adjacent to an activating group) is 1. The van der Waals surface area contributed by atoms with Crippen LogP contribution in [-0.2, 0) is 0 Å². The lowest BCUT2D eigenvalue weighted by Gasteiger charge is -2.37. The Balaban J connectivity index is 1.84. The smallest absolute Gasteiger partial charge is 0.142 e. The fourth-order valence-electron chi connectivity index (χ4n) is 3.93. The van der Waals surface area contributed by atoms with Crippen LogP contribution >= 0.6 is 0 Å². The van der Waals surface area contributed by atoms with E-state index in [1.807, 2.05) is 0 Å². The second-order valence-electron chi connectivity index (χ2n) is 5.93. The summed E-state index contributed by atoms with van der Waals surface area (Å²) in [7, 11) is 2.24. The van der Waals surface area contributed by atoms with Gasteiger partial charge in [-0.05, 0) is 31.0 Å². The Bertz CT molecular complexity index is 474. The van der Waals surface area contributed by atoms with Gasteiger partial charge in [0.25, 0.3) is 0 Å². The quantitative estimate of drug-likeness (QED) is 0.693. The van der Waals surface area contributed by atoms with Crippen molar-refractivity contribution in [1.29, 1.82) is 0 Å². The Morgan fingerprint density at radius 1 is 1.22 bits per heavy atom. The van der Waals surface area contributed by atoms with Crippen LogP contribution in [0, 0.1) is 5.92 Å². The van der Waals surface area contributed by atoms with Crippen molar-refractivity contribution in [1.82, 2.24) is 4.90 Å². The monoisotopic (exact) mass is 244 g/mol. The van der Waals surface area contributed by atoms with E-state index >= 15 is 0 Å². The van der Waals surface area contributed by atoms with E-state index < -0.39 is 0 Å². The van der Waals surface area contributed by atoms with E-state index in [-0.39, 0.29) is 0 Å². The molecule has 3 aliphatic rings. The summed E-state index contributed by atoms with van der Waals surface area (Å²) in [6, 6.07) is 6.62. The number of hydrogen-bond acceptors (Lipinski definition) is 3. The lowest BCUT2D eigenvalue weighted by atomic mass is 9.83. The van der Waals surface area contributed by atoms with Gasteiger partial charge in [-0.2, -0.15) is 0 Å². The van der Waals surface area contributed by atoms with Crippen LogP contribution in [0.15, 0.2) is 18.2 Å². The molecule has 1 aromatic carbocycles. The number of nitrogens with zero attached hydrogens (tertiary/aromatic N) is 2. The van der Waals surface area contributed by atoms with Crippen molar-refractivity contribution >= 4 is 5.69 Å². The molecule has 1 aromatic rings. The molecule has 0 amide bonds. The third-order valence-corrected chi connectivity index (χ3v) is 4.65. The molecule has 0 N–H and O–H groups in total. The highest BCUT2D eigenvalue weighted by Gasteiger charge is 2.40. The van der Waals surface area contributed by atoms with E-state index in [0.29, 0.717) is 5.92 Å². The van der Waals surface area contributed by atoms with Gasteiger partial charge in [0.05, 0.1) is 12.3 Å². The summed E-state index contributed by atoms with van der Waals surface area (Å²) < 4.78 is 5.92. The maximum Gasteiger partial charge on any atom is 0.142 e. The molecule has 4 rings (SSSR count). The van der Waals surface area contributed by atoms with Crippen molar-refractivity contribution in [2.24, 2.45) is 5.92 Å². The van der Waals surface area contributed by atoms with Crippen molar-refractivity contribution in [2.45, 2.75) is 12.3 Å². The summed E-state index contributed by atoms with van der Waals surface area (Å²) in [5.74, 6) is 2.62. The standard InChI is InChI=1S/C15H20N2O/c1-16-8-11-9-17-6-3-7-18-14-5-2-4-12(15(14)17)13(11)10-16/h2,4-5,11,13H,3,6-10H2,1H3/t11-,13-/m1/s1. The van der Waals surface area contributed by atoms with Crippen LogP contribution < -0.4 is 9.64 Å². The Morgan fingerprint density at radius 3 is 3.11 bits per heavy atom. The predicted octanol–water partition coefficient (Wildman–Crippen LogP) is 1.93. The summed E-state index contributed by atoms with van der Waals surface area (Å²) in [5, 5.41) is 0. The van der Waals surface area contributed by atoms with Gasteiger partial charge in [-0.15, -0.1) is 0 Å². The lowest BCUT2D eigenvalue weighted by molar-refractivity contribution is 0.322. The lowest BCUT2D eigenvalue weighted by Crippen LogP contribution is -2.37. The van der Waals surface area contributed by atoms with Gasteiger partial charge >= 0.3 is 0 Å². The first-order valence-electron chi connectivity index (χ1n) is 7.02. The van der Waals surface area contributed by atoms with Crippen molar-refractivity contribution < 1.29 is 4.74 Å². The highest BCUT2D eigenvalue weighted by atomic mass is 16.5. The minimum absolute atomic E-state index is 0.711. The molecule has 18 heavy (non-hydrogen) atoms. The molecule has 0 aliphatic carbocycles. The number of likely N-dealkylation sites (tertiary alicyclic amines) is 1. The van der Waals surface area contributed by atoms with Gasteiger partial charge in [-0.3, -0.25) is 0 Å². The molecule has 0 radical (unpaired) electrons. The zero-order valence-corrected chi connectivity index (χ0v) is 10.9. The summed E-state index contributed by atoms with van der Waals surface area (Å²) >= 11 is 0. The molecule has 3 heterocycles. The average molecular weight is 244 g/mol. The average Bonchev–Trinajstić information content (AvgIpc) is 2.61. The second kappa shape index (κ2) is 3.89. The number of fused-ring (bicyclic) bond motifs is 2. The summed E-state index contributed by atoms with van der Waals surface area (Å²) in [6.45, 7) is 5.67. The third-order valence-electron chi connectivity index (χ3n) is 4.65. The van der Waals surface area contributed by atoms with E-state index in [2.05, 4.69) is 35.0 Å². The predicted molar refractivity (Wildman–Crippen MR) is 72.5 cm³/mol. The molecule has 1 fully saturated rings. The SMILES string of the molecule is CN1C[C@@H]2CN3CCCOc4cccc(c43)[C@@H]2C1. The molecular formula is C15H20N2O. The fraction of sp³-hybridized carbons (Fsp3) is 0.600. The number of para-hydroxylation sites is 1. The molecule has 0 unspecified atom stereocenters. The minimum atomic E-state index is 0.711. The topological polar surface area (TPSA) is 15.7 Å². The number of anilines is 1. The maximum absolute atomic E-state index is 5.92. The van der Waals surface area contributed by atoms with Crippen molar-refractivity contribution in [3.05, 3.63) is 23.8 Å². The molecule has 0 bridgehead atoms. The Kier molecular flexibility index (Phi) is 2.31. The first-order valence-corrected chi connectivity index (χ1v) is 7.02. The third kappa shape index (κ3) is 1.46. The largest absolute Gasteiger partial charge is 0.491 e. The van der Waals surface area contributed by atoms with Crippen LogP contribution in [0.3, 0.4) is 0 Å². The van der Waals surface area contributed by atoms with Gasteiger partial charge in [-0.1, -0.05) is 12.1 Å². The highest BCUT2D eigenvalue weighted by molar-refractivity contribution is 5.67. The van der Waals surface area contributed by atoms with Crippen molar-refractivity contribution in [3.63, 3.8) is 0 Å². The summed E-state index contributed by atoms with van der Waals surface area (Å²) in [4.78, 5) is 5.04. The molecule has 3 heteroatoms. The number of ether oxygens (including phenoxy) is 1. The van der Waals surface area contributed by atoms with Gasteiger partial charge in [0, 0.05) is 32.1 Å². The molecule has 2 atom stereocenters. The summed E-state index contributed by atoms with van der Waals surface area (Å²) in [5.41, 5.74) is 2.92. The van der Waals surface area contributed by atoms with E-state index in [1.165, 1.54) is 30.9 Å². The molecule has 3 nitrogen and oxygen atoms in total. The minimum Gasteiger partial charge on any atom is -0.491 e. The maximum atomic E-state index is 5.92. The number of rotatable bonds is 0. The van der Waals surface area contributed by atoms with Crippen LogP contribution in [0.4, 0.5) is 5.69 Å². The highest BCUT2D eigenvalue weighted by Crippen LogP contribution is 2.47. The zero-order valence-electron chi connectivity index (χ0n) is 10.9. The van der Waals surface area contributed by atoms with E-state index in [0.717, 1.165) is 31.2 Å². The van der Waals surface area contributed by atoms with Crippen LogP contribution in [-0.4, -0.2) is 44.7 Å². The number of hydrogen-bond donors (Lipinski definition) is 0. The fourth-order valence-corrected chi connectivity index (χ4v) is 3.93. The zero-order chi connectivity index (χ0) is 12.1. The normalized spacial score (nSPS) is 30.4. The Labute approximate surface area is 108 Å². The van der Waals surface area contributed by atoms with E-state index in [1.54, 1.807) is 0 Å². The van der Waals surface area contributed by atoms with Gasteiger partial charge in [-0.25, -0.2) is 0 Å². The second-order valence-corrected chi connectivity index (χ2v) is 5.93. The van der Waals surface area contributed by atoms with Gasteiger partial charge in [0.15, 0.2) is 0 Å². The van der Waals surface area contributed by atoms with Gasteiger partial charge in [0.2, 0.25) is 0 Å². The molecule has 0 spiro atoms. The van der Waals surface area contributed by atoms with Crippen molar-refractivity contribution in [2.75, 3.05) is 44.7 Å². The van der Waals surface area contributed by atoms with Gasteiger partial charge in [0.1, 0.15) is 5.75 Å². The van der Waals surface area contributed by atoms with Crippen LogP contribution in [0.1, 0.15) is 17.9 Å². The van der Waals surface area contributed by atoms with Crippen LogP contribution in [0.2, 0.25) is 0 Å². The van der Waals surface area contributed by atoms with Gasteiger partial charge < -0.3 is 14.5 Å². The molecule has 0 saturated carbocycles. The number of benzene rings is 1. The Morgan fingerprint density at radius 2 is 2.17 bits per heavy atom. The molecular weight excluding hydrogens is 224 g/mol. The molecule has 0 aromatic heterocycles. The van der Waals surface area contributed by atoms with E-state index in [4.69, 9.17) is 4.74 Å². The first-order chi connectivity index (χ1) is 8.83. The van der Waals surface area contributed by atoms with Crippen LogP contribution in [0.5, 0.6) is 5.75 Å². The van der Waals surface area contributed by atoms with Crippen molar-refractivity contribution in [3.8, 4) is 5.75 Å². The Hall–Kier alpha value is -1.22. The first kappa shape index (κ1) is 10.7.